The fraction of sp³-hybridized carbons (Fsp3) is 0.562. The predicted octanol–water partition coefficient (Wildman–Crippen LogP) is 1.79. The molecule has 1 heterocycles. The second-order valence-electron chi connectivity index (χ2n) is 5.32. The second kappa shape index (κ2) is 6.80. The van der Waals surface area contributed by atoms with Gasteiger partial charge in [-0.2, -0.15) is 0 Å². The molecule has 21 heavy (non-hydrogen) atoms. The maximum Gasteiger partial charge on any atom is 0.230 e. The average Bonchev–Trinajstić information content (AvgIpc) is 2.46. The largest absolute Gasteiger partial charge is 0.493 e. The van der Waals surface area contributed by atoms with Gasteiger partial charge < -0.3 is 19.5 Å². The van der Waals surface area contributed by atoms with E-state index in [0.717, 1.165) is 18.4 Å². The molecule has 0 aromatic heterocycles. The van der Waals surface area contributed by atoms with Crippen LogP contribution in [-0.4, -0.2) is 39.9 Å². The number of hydrogen-bond donors (Lipinski definition) is 1. The zero-order valence-corrected chi connectivity index (χ0v) is 12.9. The summed E-state index contributed by atoms with van der Waals surface area (Å²) in [6, 6.07) is 5.80. The number of hydrogen-bond acceptors (Lipinski definition) is 4. The second-order valence-corrected chi connectivity index (χ2v) is 5.32. The van der Waals surface area contributed by atoms with Crippen molar-refractivity contribution in [1.82, 2.24) is 5.32 Å². The quantitative estimate of drug-likeness (QED) is 0.832. The molecule has 116 valence electrons. The lowest BCUT2D eigenvalue weighted by molar-refractivity contribution is -0.162. The van der Waals surface area contributed by atoms with Gasteiger partial charge in [-0.15, -0.1) is 0 Å². The van der Waals surface area contributed by atoms with E-state index in [1.54, 1.807) is 14.2 Å². The minimum absolute atomic E-state index is 0.0942. The van der Waals surface area contributed by atoms with Gasteiger partial charge in [0.15, 0.2) is 11.5 Å². The number of methoxy groups -OCH3 is 2. The van der Waals surface area contributed by atoms with Crippen molar-refractivity contribution in [1.29, 1.82) is 0 Å². The first-order chi connectivity index (χ1) is 10.1. The van der Waals surface area contributed by atoms with E-state index in [1.165, 1.54) is 0 Å². The number of amides is 1. The minimum Gasteiger partial charge on any atom is -0.493 e. The van der Waals surface area contributed by atoms with Crippen molar-refractivity contribution in [2.24, 2.45) is 5.41 Å². The van der Waals surface area contributed by atoms with Crippen LogP contribution in [-0.2, 0) is 16.0 Å². The standard InChI is InChI=1S/C16H23NO4/c1-4-16(10-21-11-16)15(18)17-8-7-12-5-6-13(19-2)14(9-12)20-3/h5-6,9H,4,7-8,10-11H2,1-3H3,(H,17,18). The molecule has 5 nitrogen and oxygen atoms in total. The Kier molecular flexibility index (Phi) is 5.07. The zero-order valence-electron chi connectivity index (χ0n) is 12.9. The summed E-state index contributed by atoms with van der Waals surface area (Å²) in [4.78, 5) is 12.2. The van der Waals surface area contributed by atoms with Gasteiger partial charge in [-0.1, -0.05) is 13.0 Å². The van der Waals surface area contributed by atoms with E-state index in [1.807, 2.05) is 25.1 Å². The normalized spacial score (nSPS) is 16.0. The van der Waals surface area contributed by atoms with E-state index in [2.05, 4.69) is 5.32 Å². The number of nitrogens with one attached hydrogen (secondary N) is 1. The van der Waals surface area contributed by atoms with Gasteiger partial charge in [0.1, 0.15) is 0 Å². The number of ether oxygens (including phenoxy) is 3. The monoisotopic (exact) mass is 293 g/mol. The zero-order chi connectivity index (χ0) is 15.3. The molecule has 0 saturated carbocycles. The summed E-state index contributed by atoms with van der Waals surface area (Å²) in [6.07, 6.45) is 1.57. The van der Waals surface area contributed by atoms with Gasteiger partial charge in [0.25, 0.3) is 0 Å². The van der Waals surface area contributed by atoms with Crippen LogP contribution in [0.3, 0.4) is 0 Å². The van der Waals surface area contributed by atoms with Gasteiger partial charge in [-0.25, -0.2) is 0 Å². The molecular formula is C16H23NO4. The Labute approximate surface area is 125 Å². The van der Waals surface area contributed by atoms with Crippen molar-refractivity contribution in [3.63, 3.8) is 0 Å². The van der Waals surface area contributed by atoms with Crippen LogP contribution in [0.1, 0.15) is 18.9 Å². The van der Waals surface area contributed by atoms with Crippen LogP contribution >= 0.6 is 0 Å². The van der Waals surface area contributed by atoms with Crippen molar-refractivity contribution in [2.45, 2.75) is 19.8 Å². The van der Waals surface area contributed by atoms with E-state index in [9.17, 15) is 4.79 Å². The van der Waals surface area contributed by atoms with E-state index >= 15 is 0 Å². The van der Waals surface area contributed by atoms with E-state index in [-0.39, 0.29) is 11.3 Å². The van der Waals surface area contributed by atoms with E-state index < -0.39 is 0 Å². The highest BCUT2D eigenvalue weighted by Crippen LogP contribution is 2.31. The van der Waals surface area contributed by atoms with Gasteiger partial charge in [0.2, 0.25) is 5.91 Å². The lowest BCUT2D eigenvalue weighted by Gasteiger charge is -2.39. The average molecular weight is 293 g/mol. The van der Waals surface area contributed by atoms with Crippen molar-refractivity contribution in [3.8, 4) is 11.5 Å². The highest BCUT2D eigenvalue weighted by atomic mass is 16.5. The molecule has 1 fully saturated rings. The van der Waals surface area contributed by atoms with Crippen LogP contribution in [0.5, 0.6) is 11.5 Å². The molecule has 0 bridgehead atoms. The first kappa shape index (κ1) is 15.6. The third-order valence-corrected chi connectivity index (χ3v) is 4.06. The smallest absolute Gasteiger partial charge is 0.230 e. The molecule has 1 saturated heterocycles. The molecule has 1 aromatic carbocycles. The Morgan fingerprint density at radius 1 is 1.29 bits per heavy atom. The summed E-state index contributed by atoms with van der Waals surface area (Å²) in [5.74, 6) is 1.51. The summed E-state index contributed by atoms with van der Waals surface area (Å²) in [7, 11) is 3.23. The molecule has 0 aliphatic carbocycles. The Hall–Kier alpha value is -1.75. The molecule has 0 atom stereocenters. The van der Waals surface area contributed by atoms with Gasteiger partial charge >= 0.3 is 0 Å². The summed E-state index contributed by atoms with van der Waals surface area (Å²) in [6.45, 7) is 3.70. The van der Waals surface area contributed by atoms with E-state index in [0.29, 0.717) is 31.3 Å². The van der Waals surface area contributed by atoms with Crippen LogP contribution in [0.25, 0.3) is 0 Å². The third kappa shape index (κ3) is 3.29. The van der Waals surface area contributed by atoms with Gasteiger partial charge in [0.05, 0.1) is 32.8 Å². The summed E-state index contributed by atoms with van der Waals surface area (Å²) >= 11 is 0. The lowest BCUT2D eigenvalue weighted by atomic mass is 9.82. The number of carbonyl (C=O) groups is 1. The maximum atomic E-state index is 12.2. The first-order valence-corrected chi connectivity index (χ1v) is 7.22. The fourth-order valence-corrected chi connectivity index (χ4v) is 2.39. The molecule has 0 spiro atoms. The molecule has 1 amide bonds. The molecule has 0 radical (unpaired) electrons. The predicted molar refractivity (Wildman–Crippen MR) is 79.8 cm³/mol. The van der Waals surface area contributed by atoms with Crippen LogP contribution in [0.2, 0.25) is 0 Å². The molecule has 1 aliphatic heterocycles. The van der Waals surface area contributed by atoms with Crippen molar-refractivity contribution in [2.75, 3.05) is 34.0 Å². The number of rotatable bonds is 7. The maximum absolute atomic E-state index is 12.2. The summed E-state index contributed by atoms with van der Waals surface area (Å²) in [5.41, 5.74) is 0.792. The van der Waals surface area contributed by atoms with Crippen LogP contribution in [0.4, 0.5) is 0 Å². The van der Waals surface area contributed by atoms with Gasteiger partial charge in [-0.05, 0) is 30.5 Å². The Morgan fingerprint density at radius 2 is 2.00 bits per heavy atom. The minimum atomic E-state index is -0.308. The SMILES string of the molecule is CCC1(C(=O)NCCc2ccc(OC)c(OC)c2)COC1. The molecule has 1 N–H and O–H groups in total. The van der Waals surface area contributed by atoms with Gasteiger partial charge in [0, 0.05) is 6.54 Å². The molecule has 1 aliphatic rings. The Balaban J connectivity index is 1.87. The van der Waals surface area contributed by atoms with Crippen LogP contribution in [0, 0.1) is 5.41 Å². The van der Waals surface area contributed by atoms with Crippen molar-refractivity contribution >= 4 is 5.91 Å². The topological polar surface area (TPSA) is 56.8 Å². The summed E-state index contributed by atoms with van der Waals surface area (Å²) < 4.78 is 15.7. The highest BCUT2D eigenvalue weighted by molar-refractivity contribution is 5.83. The molecule has 1 aromatic rings. The molecule has 2 rings (SSSR count). The third-order valence-electron chi connectivity index (χ3n) is 4.06. The number of benzene rings is 1. The highest BCUT2D eigenvalue weighted by Gasteiger charge is 2.43. The van der Waals surface area contributed by atoms with Gasteiger partial charge in [-0.3, -0.25) is 4.79 Å². The fourth-order valence-electron chi connectivity index (χ4n) is 2.39. The Morgan fingerprint density at radius 3 is 2.52 bits per heavy atom. The Bertz CT molecular complexity index is 492. The molecule has 0 unspecified atom stereocenters. The van der Waals surface area contributed by atoms with Crippen LogP contribution < -0.4 is 14.8 Å². The first-order valence-electron chi connectivity index (χ1n) is 7.22. The molecule has 5 heteroatoms. The van der Waals surface area contributed by atoms with E-state index in [4.69, 9.17) is 14.2 Å². The summed E-state index contributed by atoms with van der Waals surface area (Å²) in [5, 5.41) is 3.00. The number of carbonyl (C=O) groups excluding carboxylic acids is 1. The van der Waals surface area contributed by atoms with Crippen molar-refractivity contribution < 1.29 is 19.0 Å². The van der Waals surface area contributed by atoms with Crippen LogP contribution in [0.15, 0.2) is 18.2 Å². The lowest BCUT2D eigenvalue weighted by Crippen LogP contribution is -2.53. The molecular weight excluding hydrogens is 270 g/mol. The van der Waals surface area contributed by atoms with Crippen molar-refractivity contribution in [3.05, 3.63) is 23.8 Å².